The van der Waals surface area contributed by atoms with Crippen LogP contribution in [0.5, 0.6) is 0 Å². The zero-order chi connectivity index (χ0) is 18.0. The van der Waals surface area contributed by atoms with Crippen LogP contribution in [-0.2, 0) is 9.53 Å². The average molecular weight is 347 g/mol. The van der Waals surface area contributed by atoms with Crippen LogP contribution in [0.15, 0.2) is 28.8 Å². The molecule has 0 spiro atoms. The highest BCUT2D eigenvalue weighted by Gasteiger charge is 2.31. The van der Waals surface area contributed by atoms with Gasteiger partial charge in [-0.25, -0.2) is 4.39 Å². The molecule has 1 saturated heterocycles. The summed E-state index contributed by atoms with van der Waals surface area (Å²) in [6, 6.07) is 5.97. The predicted molar refractivity (Wildman–Crippen MR) is 87.0 cm³/mol. The van der Waals surface area contributed by atoms with Gasteiger partial charge in [-0.3, -0.25) is 9.59 Å². The van der Waals surface area contributed by atoms with Gasteiger partial charge in [0, 0.05) is 38.4 Å². The first-order chi connectivity index (χ1) is 12.0. The molecule has 2 aromatic rings. The molecule has 132 valence electrons. The molecule has 0 saturated carbocycles. The number of rotatable bonds is 3. The maximum absolute atomic E-state index is 14.0. The zero-order valence-corrected chi connectivity index (χ0v) is 13.7. The highest BCUT2D eigenvalue weighted by Crippen LogP contribution is 2.30. The Morgan fingerprint density at radius 1 is 1.32 bits per heavy atom. The van der Waals surface area contributed by atoms with E-state index < -0.39 is 5.82 Å². The molecule has 1 aliphatic rings. The van der Waals surface area contributed by atoms with Crippen molar-refractivity contribution in [3.63, 3.8) is 0 Å². The Balaban J connectivity index is 1.81. The molecule has 2 N–H and O–H groups in total. The predicted octanol–water partition coefficient (Wildman–Crippen LogP) is 2.23. The van der Waals surface area contributed by atoms with E-state index in [9.17, 15) is 14.0 Å². The van der Waals surface area contributed by atoms with Gasteiger partial charge in [-0.05, 0) is 12.1 Å². The molecule has 1 fully saturated rings. The Bertz CT molecular complexity index is 797. The van der Waals surface area contributed by atoms with Crippen LogP contribution in [0.3, 0.4) is 0 Å². The number of aromatic nitrogens is 1. The molecule has 1 aromatic carbocycles. The highest BCUT2D eigenvalue weighted by atomic mass is 19.1. The number of hydrogen-bond donors (Lipinski definition) is 1. The summed E-state index contributed by atoms with van der Waals surface area (Å²) in [5.74, 6) is -1.38. The number of piperidine rings is 1. The van der Waals surface area contributed by atoms with E-state index in [1.807, 2.05) is 0 Å². The van der Waals surface area contributed by atoms with Crippen LogP contribution in [0.2, 0.25) is 0 Å². The van der Waals surface area contributed by atoms with E-state index in [0.29, 0.717) is 25.9 Å². The van der Waals surface area contributed by atoms with Crippen LogP contribution in [0.1, 0.15) is 30.1 Å². The minimum Gasteiger partial charge on any atom is -0.462 e. The van der Waals surface area contributed by atoms with Gasteiger partial charge in [-0.15, -0.1) is 0 Å². The third-order valence-corrected chi connectivity index (χ3v) is 4.12. The second-order valence-electron chi connectivity index (χ2n) is 5.85. The van der Waals surface area contributed by atoms with E-state index in [4.69, 9.17) is 15.0 Å². The third kappa shape index (κ3) is 3.47. The molecular formula is C17H18FN3O4. The monoisotopic (exact) mass is 347 g/mol. The lowest BCUT2D eigenvalue weighted by molar-refractivity contribution is -0.148. The Kier molecular flexibility index (Phi) is 4.69. The molecular weight excluding hydrogens is 329 g/mol. The van der Waals surface area contributed by atoms with Gasteiger partial charge < -0.3 is 19.9 Å². The van der Waals surface area contributed by atoms with Crippen LogP contribution in [0, 0.1) is 5.82 Å². The topological polar surface area (TPSA) is 98.7 Å². The number of ether oxygens (including phenoxy) is 1. The van der Waals surface area contributed by atoms with Gasteiger partial charge in [0.15, 0.2) is 0 Å². The maximum atomic E-state index is 14.0. The molecule has 0 bridgehead atoms. The Morgan fingerprint density at radius 2 is 2.00 bits per heavy atom. The number of hydrogen-bond acceptors (Lipinski definition) is 6. The first-order valence-electron chi connectivity index (χ1n) is 7.94. The molecule has 1 amide bonds. The van der Waals surface area contributed by atoms with Crippen molar-refractivity contribution in [3.8, 4) is 11.3 Å². The number of likely N-dealkylation sites (tertiary alicyclic amines) is 1. The fraction of sp³-hybridized carbons (Fsp3) is 0.353. The Morgan fingerprint density at radius 3 is 2.64 bits per heavy atom. The van der Waals surface area contributed by atoms with Crippen molar-refractivity contribution < 1.29 is 23.2 Å². The lowest BCUT2D eigenvalue weighted by Gasteiger charge is -2.31. The average Bonchev–Trinajstić information content (AvgIpc) is 2.96. The molecule has 1 aromatic heterocycles. The molecule has 8 heteroatoms. The lowest BCUT2D eigenvalue weighted by atomic mass is 10.0. The number of benzene rings is 1. The second-order valence-corrected chi connectivity index (χ2v) is 5.85. The number of nitrogens with zero attached hydrogens (tertiary/aromatic N) is 2. The minimum atomic E-state index is -0.515. The summed E-state index contributed by atoms with van der Waals surface area (Å²) in [7, 11) is 0. The molecule has 0 atom stereocenters. The molecule has 2 heterocycles. The molecule has 1 aliphatic heterocycles. The Labute approximate surface area is 143 Å². The largest absolute Gasteiger partial charge is 0.462 e. The van der Waals surface area contributed by atoms with Gasteiger partial charge in [-0.1, -0.05) is 17.3 Å². The first kappa shape index (κ1) is 16.9. The van der Waals surface area contributed by atoms with Gasteiger partial charge in [-0.2, -0.15) is 0 Å². The van der Waals surface area contributed by atoms with E-state index in [-0.39, 0.29) is 40.7 Å². The number of nitrogens with two attached hydrogens (primary N) is 1. The summed E-state index contributed by atoms with van der Waals surface area (Å²) in [6.45, 7) is 2.16. The van der Waals surface area contributed by atoms with Crippen molar-refractivity contribution >= 4 is 17.8 Å². The van der Waals surface area contributed by atoms with Crippen molar-refractivity contribution in [1.29, 1.82) is 0 Å². The number of anilines is 1. The SMILES string of the molecule is CC(=O)OC1CCN(C(=O)c2c(-c3ccccc3F)noc2N)CC1. The van der Waals surface area contributed by atoms with Gasteiger partial charge in [0.25, 0.3) is 5.91 Å². The van der Waals surface area contributed by atoms with Crippen molar-refractivity contribution in [2.45, 2.75) is 25.9 Å². The van der Waals surface area contributed by atoms with E-state index in [0.717, 1.165) is 0 Å². The number of halogens is 1. The molecule has 25 heavy (non-hydrogen) atoms. The minimum absolute atomic E-state index is 0.0519. The smallest absolute Gasteiger partial charge is 0.302 e. The Hall–Kier alpha value is -2.90. The second kappa shape index (κ2) is 6.92. The van der Waals surface area contributed by atoms with Crippen LogP contribution >= 0.6 is 0 Å². The molecule has 0 radical (unpaired) electrons. The van der Waals surface area contributed by atoms with Crippen LogP contribution in [0.4, 0.5) is 10.3 Å². The van der Waals surface area contributed by atoms with Crippen LogP contribution in [0.25, 0.3) is 11.3 Å². The summed E-state index contributed by atoms with van der Waals surface area (Å²) >= 11 is 0. The fourth-order valence-corrected chi connectivity index (χ4v) is 2.92. The van der Waals surface area contributed by atoms with Gasteiger partial charge in [0.1, 0.15) is 23.2 Å². The summed E-state index contributed by atoms with van der Waals surface area (Å²) in [5, 5.41) is 3.76. The lowest BCUT2D eigenvalue weighted by Crippen LogP contribution is -2.41. The van der Waals surface area contributed by atoms with Gasteiger partial charge >= 0.3 is 5.97 Å². The van der Waals surface area contributed by atoms with E-state index in [1.165, 1.54) is 19.1 Å². The van der Waals surface area contributed by atoms with E-state index >= 15 is 0 Å². The molecule has 3 rings (SSSR count). The van der Waals surface area contributed by atoms with Crippen LogP contribution < -0.4 is 5.73 Å². The molecule has 7 nitrogen and oxygen atoms in total. The maximum Gasteiger partial charge on any atom is 0.302 e. The normalized spacial score (nSPS) is 15.2. The molecule has 0 aliphatic carbocycles. The number of amides is 1. The number of carbonyl (C=O) groups excluding carboxylic acids is 2. The number of carbonyl (C=O) groups is 2. The standard InChI is InChI=1S/C17H18FN3O4/c1-10(22)24-11-6-8-21(9-7-11)17(23)14-15(20-25-16(14)19)12-4-2-3-5-13(12)18/h2-5,11H,6-9,19H2,1H3. The quantitative estimate of drug-likeness (QED) is 0.855. The fourth-order valence-electron chi connectivity index (χ4n) is 2.92. The third-order valence-electron chi connectivity index (χ3n) is 4.12. The van der Waals surface area contributed by atoms with Crippen molar-refractivity contribution in [2.75, 3.05) is 18.8 Å². The first-order valence-corrected chi connectivity index (χ1v) is 7.94. The van der Waals surface area contributed by atoms with E-state index in [1.54, 1.807) is 17.0 Å². The molecule has 0 unspecified atom stereocenters. The summed E-state index contributed by atoms with van der Waals surface area (Å²) in [6.07, 6.45) is 0.865. The summed E-state index contributed by atoms with van der Waals surface area (Å²) in [4.78, 5) is 25.4. The van der Waals surface area contributed by atoms with Crippen molar-refractivity contribution in [3.05, 3.63) is 35.6 Å². The number of esters is 1. The van der Waals surface area contributed by atoms with Crippen molar-refractivity contribution in [1.82, 2.24) is 10.1 Å². The van der Waals surface area contributed by atoms with Crippen LogP contribution in [-0.4, -0.2) is 41.1 Å². The van der Waals surface area contributed by atoms with Crippen molar-refractivity contribution in [2.24, 2.45) is 0 Å². The van der Waals surface area contributed by atoms with Gasteiger partial charge in [0.05, 0.1) is 0 Å². The zero-order valence-electron chi connectivity index (χ0n) is 13.7. The highest BCUT2D eigenvalue weighted by molar-refractivity contribution is 6.03. The number of nitrogen functional groups attached to an aromatic ring is 1. The summed E-state index contributed by atoms with van der Waals surface area (Å²) < 4.78 is 24.1. The van der Waals surface area contributed by atoms with Gasteiger partial charge in [0.2, 0.25) is 5.88 Å². The van der Waals surface area contributed by atoms with E-state index in [2.05, 4.69) is 5.16 Å². The summed E-state index contributed by atoms with van der Waals surface area (Å²) in [5.41, 5.74) is 6.05.